The van der Waals surface area contributed by atoms with E-state index in [1.54, 1.807) is 6.07 Å². The van der Waals surface area contributed by atoms with Gasteiger partial charge in [-0.05, 0) is 40.7 Å². The number of hydrogen-bond donors (Lipinski definition) is 3. The standard InChI is InChI=1S/C23H23NO3/c24-23(16-25,22(26)27)21-12-11-19(13-17-7-3-1-4-8-17)20(15-21)14-18-9-5-2-6-10-18/h1-12,15,25H,13-14,16,24H2,(H,26,27). The Balaban J connectivity index is 2.03. The molecule has 0 saturated heterocycles. The number of rotatable bonds is 7. The number of aliphatic hydroxyl groups excluding tert-OH is 1. The Labute approximate surface area is 158 Å². The van der Waals surface area contributed by atoms with E-state index in [4.69, 9.17) is 5.73 Å². The van der Waals surface area contributed by atoms with E-state index in [1.165, 1.54) is 5.56 Å². The summed E-state index contributed by atoms with van der Waals surface area (Å²) < 4.78 is 0. The Morgan fingerprint density at radius 2 is 1.33 bits per heavy atom. The minimum absolute atomic E-state index is 0.403. The zero-order valence-electron chi connectivity index (χ0n) is 15.0. The van der Waals surface area contributed by atoms with Crippen molar-refractivity contribution in [2.24, 2.45) is 5.73 Å². The lowest BCUT2D eigenvalue weighted by Crippen LogP contribution is -2.48. The Bertz CT molecular complexity index is 909. The van der Waals surface area contributed by atoms with Gasteiger partial charge in [0, 0.05) is 0 Å². The molecule has 0 aliphatic carbocycles. The smallest absolute Gasteiger partial charge is 0.330 e. The van der Waals surface area contributed by atoms with Crippen LogP contribution < -0.4 is 5.73 Å². The van der Waals surface area contributed by atoms with Crippen molar-refractivity contribution in [1.29, 1.82) is 0 Å². The molecule has 27 heavy (non-hydrogen) atoms. The van der Waals surface area contributed by atoms with Gasteiger partial charge >= 0.3 is 5.97 Å². The molecule has 0 bridgehead atoms. The number of carbonyl (C=O) groups is 1. The molecule has 0 aliphatic heterocycles. The number of benzene rings is 3. The van der Waals surface area contributed by atoms with E-state index in [1.807, 2.05) is 60.7 Å². The molecule has 1 unspecified atom stereocenters. The summed E-state index contributed by atoms with van der Waals surface area (Å²) in [6.45, 7) is -0.662. The Morgan fingerprint density at radius 1 is 0.815 bits per heavy atom. The number of carboxylic acid groups (broad SMARTS) is 1. The molecule has 0 fully saturated rings. The van der Waals surface area contributed by atoms with E-state index in [0.717, 1.165) is 23.1 Å². The van der Waals surface area contributed by atoms with Gasteiger partial charge in [-0.1, -0.05) is 78.9 Å². The van der Waals surface area contributed by atoms with Gasteiger partial charge in [0.05, 0.1) is 6.61 Å². The molecule has 4 N–H and O–H groups in total. The topological polar surface area (TPSA) is 83.5 Å². The lowest BCUT2D eigenvalue weighted by atomic mass is 9.86. The summed E-state index contributed by atoms with van der Waals surface area (Å²) >= 11 is 0. The molecule has 0 radical (unpaired) electrons. The molecule has 0 aliphatic rings. The van der Waals surface area contributed by atoms with Crippen molar-refractivity contribution in [1.82, 2.24) is 0 Å². The second-order valence-electron chi connectivity index (χ2n) is 6.74. The number of nitrogens with two attached hydrogens (primary N) is 1. The summed E-state index contributed by atoms with van der Waals surface area (Å²) in [6, 6.07) is 25.6. The Hall–Kier alpha value is -2.95. The van der Waals surface area contributed by atoms with Crippen LogP contribution in [0.4, 0.5) is 0 Å². The zero-order valence-corrected chi connectivity index (χ0v) is 15.0. The van der Waals surface area contributed by atoms with Crippen LogP contribution in [0.15, 0.2) is 78.9 Å². The fourth-order valence-electron chi connectivity index (χ4n) is 3.15. The van der Waals surface area contributed by atoms with Crippen LogP contribution in [0.5, 0.6) is 0 Å². The molecular weight excluding hydrogens is 338 g/mol. The maximum Gasteiger partial charge on any atom is 0.330 e. The number of carboxylic acids is 1. The molecule has 0 aromatic heterocycles. The minimum atomic E-state index is -1.81. The van der Waals surface area contributed by atoms with Crippen LogP contribution >= 0.6 is 0 Å². The first-order chi connectivity index (χ1) is 13.0. The lowest BCUT2D eigenvalue weighted by Gasteiger charge is -2.24. The second kappa shape index (κ2) is 8.16. The molecule has 0 heterocycles. The van der Waals surface area contributed by atoms with Crippen LogP contribution in [-0.4, -0.2) is 22.8 Å². The molecule has 4 heteroatoms. The lowest BCUT2D eigenvalue weighted by molar-refractivity contribution is -0.145. The third kappa shape index (κ3) is 4.25. The van der Waals surface area contributed by atoms with E-state index < -0.39 is 18.1 Å². The molecule has 0 amide bonds. The largest absolute Gasteiger partial charge is 0.480 e. The van der Waals surface area contributed by atoms with Crippen LogP contribution in [0.2, 0.25) is 0 Å². The van der Waals surface area contributed by atoms with Crippen molar-refractivity contribution >= 4 is 5.97 Å². The quantitative estimate of drug-likeness (QED) is 0.604. The van der Waals surface area contributed by atoms with Gasteiger partial charge in [0.2, 0.25) is 0 Å². The van der Waals surface area contributed by atoms with E-state index in [9.17, 15) is 15.0 Å². The van der Waals surface area contributed by atoms with Gasteiger partial charge < -0.3 is 15.9 Å². The molecule has 0 spiro atoms. The number of aliphatic hydroxyl groups is 1. The SMILES string of the molecule is NC(CO)(C(=O)O)c1ccc(Cc2ccccc2)c(Cc2ccccc2)c1. The van der Waals surface area contributed by atoms with Crippen molar-refractivity contribution in [2.45, 2.75) is 18.4 Å². The molecule has 3 aromatic rings. The summed E-state index contributed by atoms with van der Waals surface area (Å²) in [5, 5.41) is 19.1. The highest BCUT2D eigenvalue weighted by atomic mass is 16.4. The van der Waals surface area contributed by atoms with Crippen LogP contribution in [0.25, 0.3) is 0 Å². The fraction of sp³-hybridized carbons (Fsp3) is 0.174. The van der Waals surface area contributed by atoms with Gasteiger partial charge in [0.1, 0.15) is 0 Å². The van der Waals surface area contributed by atoms with Crippen molar-refractivity contribution in [3.05, 3.63) is 107 Å². The van der Waals surface area contributed by atoms with Gasteiger partial charge in [0.25, 0.3) is 0 Å². The van der Waals surface area contributed by atoms with Gasteiger partial charge in [0.15, 0.2) is 5.54 Å². The number of aliphatic carboxylic acids is 1. The summed E-state index contributed by atoms with van der Waals surface area (Å²) in [5.41, 5.74) is 9.00. The third-order valence-electron chi connectivity index (χ3n) is 4.83. The minimum Gasteiger partial charge on any atom is -0.480 e. The molecule has 138 valence electrons. The van der Waals surface area contributed by atoms with Gasteiger partial charge in [-0.3, -0.25) is 0 Å². The van der Waals surface area contributed by atoms with Crippen LogP contribution in [0.3, 0.4) is 0 Å². The third-order valence-corrected chi connectivity index (χ3v) is 4.83. The van der Waals surface area contributed by atoms with Crippen LogP contribution in [0.1, 0.15) is 27.8 Å². The maximum atomic E-state index is 11.6. The average molecular weight is 361 g/mol. The predicted molar refractivity (Wildman–Crippen MR) is 106 cm³/mol. The highest BCUT2D eigenvalue weighted by Crippen LogP contribution is 2.25. The molecule has 0 saturated carbocycles. The van der Waals surface area contributed by atoms with E-state index >= 15 is 0 Å². The maximum absolute atomic E-state index is 11.6. The summed E-state index contributed by atoms with van der Waals surface area (Å²) in [7, 11) is 0. The summed E-state index contributed by atoms with van der Waals surface area (Å²) in [6.07, 6.45) is 1.41. The van der Waals surface area contributed by atoms with Crippen molar-refractivity contribution < 1.29 is 15.0 Å². The normalized spacial score (nSPS) is 13.1. The first-order valence-electron chi connectivity index (χ1n) is 8.86. The molecule has 3 aromatic carbocycles. The zero-order chi connectivity index (χ0) is 19.3. The molecular formula is C23H23NO3. The van der Waals surface area contributed by atoms with Gasteiger partial charge in [-0.15, -0.1) is 0 Å². The molecule has 3 rings (SSSR count). The van der Waals surface area contributed by atoms with Crippen molar-refractivity contribution in [3.8, 4) is 0 Å². The molecule has 1 atom stereocenters. The highest BCUT2D eigenvalue weighted by Gasteiger charge is 2.35. The number of hydrogen-bond acceptors (Lipinski definition) is 3. The Kier molecular flexibility index (Phi) is 5.69. The van der Waals surface area contributed by atoms with Crippen LogP contribution in [-0.2, 0) is 23.2 Å². The van der Waals surface area contributed by atoms with Crippen molar-refractivity contribution in [2.75, 3.05) is 6.61 Å². The summed E-state index contributed by atoms with van der Waals surface area (Å²) in [4.78, 5) is 11.6. The summed E-state index contributed by atoms with van der Waals surface area (Å²) in [5.74, 6) is -1.24. The highest BCUT2D eigenvalue weighted by molar-refractivity contribution is 5.80. The average Bonchev–Trinajstić information content (AvgIpc) is 2.70. The van der Waals surface area contributed by atoms with E-state index in [-0.39, 0.29) is 0 Å². The molecule has 4 nitrogen and oxygen atoms in total. The first kappa shape index (κ1) is 18.8. The van der Waals surface area contributed by atoms with Gasteiger partial charge in [-0.2, -0.15) is 0 Å². The van der Waals surface area contributed by atoms with E-state index in [2.05, 4.69) is 12.1 Å². The van der Waals surface area contributed by atoms with Crippen LogP contribution in [0, 0.1) is 0 Å². The monoisotopic (exact) mass is 361 g/mol. The predicted octanol–water partition coefficient (Wildman–Crippen LogP) is 3.10. The Morgan fingerprint density at radius 3 is 1.81 bits per heavy atom. The first-order valence-corrected chi connectivity index (χ1v) is 8.86. The van der Waals surface area contributed by atoms with E-state index in [0.29, 0.717) is 12.0 Å². The van der Waals surface area contributed by atoms with Gasteiger partial charge in [-0.25, -0.2) is 4.79 Å². The fourth-order valence-corrected chi connectivity index (χ4v) is 3.15. The van der Waals surface area contributed by atoms with Crippen molar-refractivity contribution in [3.63, 3.8) is 0 Å². The second-order valence-corrected chi connectivity index (χ2v) is 6.74.